The number of nitrogens with zero attached hydrogens (tertiary/aromatic N) is 1. The largest absolute Gasteiger partial charge is 0.454 e. The Hall–Kier alpha value is -4.27. The monoisotopic (exact) mass is 408 g/mol. The van der Waals surface area contributed by atoms with Gasteiger partial charge in [0, 0.05) is 24.0 Å². The topological polar surface area (TPSA) is 123 Å². The van der Waals surface area contributed by atoms with Gasteiger partial charge < -0.3 is 15.8 Å². The number of carbonyl (C=O) groups is 3. The highest BCUT2D eigenvalue weighted by Crippen LogP contribution is 2.26. The number of pyridine rings is 1. The number of imide groups is 1. The number of primary amides is 1. The summed E-state index contributed by atoms with van der Waals surface area (Å²) in [6.07, 6.45) is 1.34. The predicted octanol–water partition coefficient (Wildman–Crippen LogP) is 3.00. The predicted molar refractivity (Wildman–Crippen MR) is 107 cm³/mol. The summed E-state index contributed by atoms with van der Waals surface area (Å²) in [5.41, 5.74) is 6.00. The van der Waals surface area contributed by atoms with Crippen LogP contribution in [0.15, 0.2) is 66.9 Å². The molecule has 0 fully saturated rings. The van der Waals surface area contributed by atoms with Crippen LogP contribution in [0.4, 0.5) is 14.9 Å². The van der Waals surface area contributed by atoms with Gasteiger partial charge in [-0.2, -0.15) is 0 Å². The average molecular weight is 408 g/mol. The summed E-state index contributed by atoms with van der Waals surface area (Å²) in [6.45, 7) is 0. The van der Waals surface area contributed by atoms with Gasteiger partial charge in [-0.3, -0.25) is 19.9 Å². The zero-order valence-corrected chi connectivity index (χ0v) is 15.6. The van der Waals surface area contributed by atoms with E-state index in [1.54, 1.807) is 24.3 Å². The number of nitrogens with two attached hydrogens (primary N) is 1. The average Bonchev–Trinajstić information content (AvgIpc) is 2.71. The number of aromatic nitrogens is 1. The van der Waals surface area contributed by atoms with E-state index in [-0.39, 0.29) is 29.3 Å². The molecule has 0 saturated carbocycles. The van der Waals surface area contributed by atoms with Gasteiger partial charge in [-0.1, -0.05) is 30.3 Å². The lowest BCUT2D eigenvalue weighted by atomic mass is 10.1. The van der Waals surface area contributed by atoms with E-state index in [0.717, 1.165) is 11.6 Å². The van der Waals surface area contributed by atoms with Gasteiger partial charge in [0.25, 0.3) is 5.91 Å². The van der Waals surface area contributed by atoms with E-state index in [4.69, 9.17) is 10.5 Å². The van der Waals surface area contributed by atoms with Crippen LogP contribution >= 0.6 is 0 Å². The van der Waals surface area contributed by atoms with Gasteiger partial charge in [-0.05, 0) is 23.8 Å². The normalized spacial score (nSPS) is 10.2. The first-order valence-electron chi connectivity index (χ1n) is 8.79. The lowest BCUT2D eigenvalue weighted by Crippen LogP contribution is -2.35. The number of anilines is 1. The molecule has 0 saturated heterocycles. The summed E-state index contributed by atoms with van der Waals surface area (Å²) < 4.78 is 19.7. The second kappa shape index (κ2) is 9.28. The van der Waals surface area contributed by atoms with E-state index in [0.29, 0.717) is 0 Å². The Bertz CT molecular complexity index is 1090. The van der Waals surface area contributed by atoms with Crippen molar-refractivity contribution in [3.63, 3.8) is 0 Å². The van der Waals surface area contributed by atoms with Crippen LogP contribution in [0.1, 0.15) is 16.1 Å². The minimum atomic E-state index is -0.788. The number of urea groups is 1. The Morgan fingerprint density at radius 1 is 1.03 bits per heavy atom. The van der Waals surface area contributed by atoms with Crippen molar-refractivity contribution in [3.8, 4) is 11.5 Å². The first kappa shape index (κ1) is 20.5. The van der Waals surface area contributed by atoms with Crippen molar-refractivity contribution in [1.29, 1.82) is 0 Å². The fourth-order valence-electron chi connectivity index (χ4n) is 2.51. The van der Waals surface area contributed by atoms with Gasteiger partial charge >= 0.3 is 6.03 Å². The van der Waals surface area contributed by atoms with Crippen LogP contribution in [-0.2, 0) is 11.2 Å². The lowest BCUT2D eigenvalue weighted by Gasteiger charge is -2.10. The second-order valence-corrected chi connectivity index (χ2v) is 6.15. The molecule has 0 radical (unpaired) electrons. The molecule has 0 spiro atoms. The third-order valence-corrected chi connectivity index (χ3v) is 3.86. The Labute approximate surface area is 170 Å². The third-order valence-electron chi connectivity index (χ3n) is 3.86. The number of hydrogen-bond acceptors (Lipinski definition) is 5. The molecule has 4 N–H and O–H groups in total. The molecule has 1 aromatic heterocycles. The molecular formula is C21H17FN4O4. The third kappa shape index (κ3) is 5.61. The van der Waals surface area contributed by atoms with Crippen molar-refractivity contribution in [3.05, 3.63) is 83.9 Å². The number of ether oxygens (including phenoxy) is 1. The van der Waals surface area contributed by atoms with Crippen LogP contribution in [0.2, 0.25) is 0 Å². The molecular weight excluding hydrogens is 391 g/mol. The van der Waals surface area contributed by atoms with Crippen molar-refractivity contribution in [2.24, 2.45) is 5.73 Å². The first-order chi connectivity index (χ1) is 14.4. The Morgan fingerprint density at radius 3 is 2.50 bits per heavy atom. The molecule has 0 atom stereocenters. The zero-order chi connectivity index (χ0) is 21.5. The summed E-state index contributed by atoms with van der Waals surface area (Å²) >= 11 is 0. The van der Waals surface area contributed by atoms with E-state index in [1.165, 1.54) is 30.5 Å². The molecule has 0 unspecified atom stereocenters. The highest BCUT2D eigenvalue weighted by Gasteiger charge is 2.12. The van der Waals surface area contributed by atoms with Crippen molar-refractivity contribution in [2.45, 2.75) is 6.42 Å². The van der Waals surface area contributed by atoms with Gasteiger partial charge in [0.05, 0.1) is 6.42 Å². The van der Waals surface area contributed by atoms with Gasteiger partial charge in [-0.25, -0.2) is 9.18 Å². The van der Waals surface area contributed by atoms with Crippen molar-refractivity contribution >= 4 is 23.5 Å². The van der Waals surface area contributed by atoms with Gasteiger partial charge in [0.15, 0.2) is 11.6 Å². The van der Waals surface area contributed by atoms with E-state index in [2.05, 4.69) is 15.6 Å². The van der Waals surface area contributed by atoms with Crippen LogP contribution in [0.25, 0.3) is 0 Å². The molecule has 152 valence electrons. The van der Waals surface area contributed by atoms with Crippen LogP contribution in [0.3, 0.4) is 0 Å². The maximum Gasteiger partial charge on any atom is 0.325 e. The van der Waals surface area contributed by atoms with Gasteiger partial charge in [0.2, 0.25) is 5.91 Å². The maximum atomic E-state index is 14.3. The van der Waals surface area contributed by atoms with Crippen LogP contribution < -0.4 is 21.1 Å². The van der Waals surface area contributed by atoms with Crippen LogP contribution in [0.5, 0.6) is 11.5 Å². The van der Waals surface area contributed by atoms with Crippen molar-refractivity contribution in [2.75, 3.05) is 5.32 Å². The highest BCUT2D eigenvalue weighted by molar-refractivity contribution is 6.01. The molecule has 1 heterocycles. The smallest absolute Gasteiger partial charge is 0.325 e. The van der Waals surface area contributed by atoms with Crippen LogP contribution in [-0.4, -0.2) is 22.8 Å². The number of amides is 4. The molecule has 30 heavy (non-hydrogen) atoms. The number of benzene rings is 2. The van der Waals surface area contributed by atoms with Crippen LogP contribution in [0, 0.1) is 5.82 Å². The van der Waals surface area contributed by atoms with Crippen molar-refractivity contribution < 1.29 is 23.5 Å². The molecule has 0 bridgehead atoms. The number of rotatable bonds is 6. The minimum Gasteiger partial charge on any atom is -0.454 e. The number of nitrogens with one attached hydrogen (secondary N) is 2. The SMILES string of the molecule is NC(=O)c1cc(Oc2ccc(NC(=O)NC(=O)Cc3ccccc3)cc2F)ccn1. The molecule has 0 aliphatic heterocycles. The molecule has 9 heteroatoms. The fraction of sp³-hybridized carbons (Fsp3) is 0.0476. The summed E-state index contributed by atoms with van der Waals surface area (Å²) in [6, 6.07) is 14.6. The molecule has 8 nitrogen and oxygen atoms in total. The fourth-order valence-corrected chi connectivity index (χ4v) is 2.51. The highest BCUT2D eigenvalue weighted by atomic mass is 19.1. The quantitative estimate of drug-likeness (QED) is 0.579. The summed E-state index contributed by atoms with van der Waals surface area (Å²) in [7, 11) is 0. The molecule has 4 amide bonds. The first-order valence-corrected chi connectivity index (χ1v) is 8.79. The van der Waals surface area contributed by atoms with E-state index in [9.17, 15) is 18.8 Å². The standard InChI is InChI=1S/C21H17FN4O4/c22-16-11-14(25-21(29)26-19(27)10-13-4-2-1-3-5-13)6-7-18(16)30-15-8-9-24-17(12-15)20(23)28/h1-9,11-12H,10H2,(H2,23,28)(H2,25,26,27,29). The Kier molecular flexibility index (Phi) is 6.33. The zero-order valence-electron chi connectivity index (χ0n) is 15.6. The summed E-state index contributed by atoms with van der Waals surface area (Å²) in [5, 5.41) is 4.55. The maximum absolute atomic E-state index is 14.3. The minimum absolute atomic E-state index is 0.0250. The molecule has 3 aromatic rings. The molecule has 0 aliphatic carbocycles. The summed E-state index contributed by atoms with van der Waals surface area (Å²) in [4.78, 5) is 38.8. The number of carbonyl (C=O) groups excluding carboxylic acids is 3. The second-order valence-electron chi connectivity index (χ2n) is 6.15. The van der Waals surface area contributed by atoms with Crippen molar-refractivity contribution in [1.82, 2.24) is 10.3 Å². The van der Waals surface area contributed by atoms with Gasteiger partial charge in [0.1, 0.15) is 11.4 Å². The van der Waals surface area contributed by atoms with E-state index in [1.807, 2.05) is 6.07 Å². The van der Waals surface area contributed by atoms with E-state index >= 15 is 0 Å². The molecule has 3 rings (SSSR count). The van der Waals surface area contributed by atoms with E-state index < -0.39 is 23.7 Å². The molecule has 2 aromatic carbocycles. The summed E-state index contributed by atoms with van der Waals surface area (Å²) in [5.74, 6) is -1.97. The molecule has 0 aliphatic rings. The Morgan fingerprint density at radius 2 is 1.80 bits per heavy atom. The lowest BCUT2D eigenvalue weighted by molar-refractivity contribution is -0.119. The number of hydrogen-bond donors (Lipinski definition) is 3. The number of halogens is 1. The Balaban J connectivity index is 1.59. The van der Waals surface area contributed by atoms with Gasteiger partial charge in [-0.15, -0.1) is 0 Å².